The van der Waals surface area contributed by atoms with Gasteiger partial charge < -0.3 is 19.6 Å². The number of rotatable bonds is 6. The van der Waals surface area contributed by atoms with E-state index < -0.39 is 0 Å². The molecule has 1 aromatic carbocycles. The first-order chi connectivity index (χ1) is 13.7. The van der Waals surface area contributed by atoms with Crippen molar-refractivity contribution in [2.24, 2.45) is 5.92 Å². The van der Waals surface area contributed by atoms with E-state index in [-0.39, 0.29) is 17.7 Å². The number of benzene rings is 1. The van der Waals surface area contributed by atoms with Gasteiger partial charge in [-0.15, -0.1) is 0 Å². The van der Waals surface area contributed by atoms with Crippen molar-refractivity contribution < 1.29 is 14.0 Å². The number of aromatic nitrogens is 1. The fourth-order valence-corrected chi connectivity index (χ4v) is 3.89. The zero-order valence-corrected chi connectivity index (χ0v) is 15.8. The molecule has 1 aliphatic rings. The summed E-state index contributed by atoms with van der Waals surface area (Å²) in [4.78, 5) is 30.3. The molecule has 1 saturated heterocycles. The highest BCUT2D eigenvalue weighted by atomic mass is 16.3. The summed E-state index contributed by atoms with van der Waals surface area (Å²) in [5.74, 6) is 0.691. The highest BCUT2D eigenvalue weighted by Gasteiger charge is 2.28. The Balaban J connectivity index is 1.29. The number of fused-ring (bicyclic) bond motifs is 1. The monoisotopic (exact) mass is 379 g/mol. The number of nitrogens with zero attached hydrogens (tertiary/aromatic N) is 1. The summed E-state index contributed by atoms with van der Waals surface area (Å²) in [6.45, 7) is 1.61. The van der Waals surface area contributed by atoms with Gasteiger partial charge in [-0.05, 0) is 43.0 Å². The van der Waals surface area contributed by atoms with Crippen LogP contribution in [0.4, 0.5) is 0 Å². The lowest BCUT2D eigenvalue weighted by Crippen LogP contribution is -2.45. The third kappa shape index (κ3) is 4.11. The number of likely N-dealkylation sites (tertiary alicyclic amines) is 1. The van der Waals surface area contributed by atoms with E-state index in [4.69, 9.17) is 4.42 Å². The molecule has 1 fully saturated rings. The number of carbonyl (C=O) groups excluding carboxylic acids is 2. The fraction of sp³-hybridized carbons (Fsp3) is 0.364. The van der Waals surface area contributed by atoms with Crippen molar-refractivity contribution in [3.63, 3.8) is 0 Å². The van der Waals surface area contributed by atoms with Crippen LogP contribution in [0, 0.1) is 5.92 Å². The number of carbonyl (C=O) groups is 2. The molecule has 1 aliphatic heterocycles. The number of hydrogen-bond acceptors (Lipinski definition) is 3. The summed E-state index contributed by atoms with van der Waals surface area (Å²) in [7, 11) is 0. The second kappa shape index (κ2) is 8.33. The molecular formula is C22H25N3O3. The van der Waals surface area contributed by atoms with Crippen LogP contribution in [0.5, 0.6) is 0 Å². The van der Waals surface area contributed by atoms with E-state index in [1.54, 1.807) is 12.3 Å². The summed E-state index contributed by atoms with van der Waals surface area (Å²) in [6, 6.07) is 11.8. The van der Waals surface area contributed by atoms with Gasteiger partial charge in [-0.1, -0.05) is 18.2 Å². The highest BCUT2D eigenvalue weighted by molar-refractivity contribution is 5.84. The lowest BCUT2D eigenvalue weighted by atomic mass is 9.96. The molecule has 0 saturated carbocycles. The summed E-state index contributed by atoms with van der Waals surface area (Å²) in [5, 5.41) is 4.08. The van der Waals surface area contributed by atoms with Crippen LogP contribution in [0.25, 0.3) is 10.9 Å². The van der Waals surface area contributed by atoms with Gasteiger partial charge in [-0.2, -0.15) is 0 Å². The van der Waals surface area contributed by atoms with Crippen LogP contribution in [0.1, 0.15) is 30.6 Å². The second-order valence-corrected chi connectivity index (χ2v) is 7.34. The topological polar surface area (TPSA) is 78.3 Å². The number of piperidine rings is 1. The average Bonchev–Trinajstić information content (AvgIpc) is 3.40. The van der Waals surface area contributed by atoms with Gasteiger partial charge in [-0.25, -0.2) is 0 Å². The molecule has 2 aromatic heterocycles. The Bertz CT molecular complexity index is 945. The van der Waals surface area contributed by atoms with E-state index in [0.29, 0.717) is 25.9 Å². The Labute approximate surface area is 163 Å². The van der Waals surface area contributed by atoms with Gasteiger partial charge in [-0.3, -0.25) is 9.59 Å². The number of furan rings is 1. The molecule has 6 heteroatoms. The van der Waals surface area contributed by atoms with E-state index in [1.165, 1.54) is 5.39 Å². The molecule has 3 aromatic rings. The van der Waals surface area contributed by atoms with Gasteiger partial charge in [0.25, 0.3) is 0 Å². The van der Waals surface area contributed by atoms with Crippen molar-refractivity contribution in [3.05, 3.63) is 60.2 Å². The predicted molar refractivity (Wildman–Crippen MR) is 106 cm³/mol. The molecule has 0 radical (unpaired) electrons. The van der Waals surface area contributed by atoms with E-state index in [2.05, 4.69) is 16.4 Å². The van der Waals surface area contributed by atoms with Gasteiger partial charge in [0.1, 0.15) is 5.76 Å². The quantitative estimate of drug-likeness (QED) is 0.690. The van der Waals surface area contributed by atoms with Crippen molar-refractivity contribution in [1.82, 2.24) is 15.2 Å². The van der Waals surface area contributed by atoms with Crippen LogP contribution in [-0.4, -0.2) is 34.8 Å². The van der Waals surface area contributed by atoms with Crippen molar-refractivity contribution in [3.8, 4) is 0 Å². The summed E-state index contributed by atoms with van der Waals surface area (Å²) in [5.41, 5.74) is 2.25. The minimum atomic E-state index is -0.152. The average molecular weight is 379 g/mol. The SMILES string of the molecule is O=C(NCc1ccco1)[C@H]1CCCN(C(=O)CCc2c[nH]c3ccccc23)C1. The molecule has 6 nitrogen and oxygen atoms in total. The normalized spacial score (nSPS) is 17.0. The lowest BCUT2D eigenvalue weighted by molar-refractivity contribution is -0.135. The van der Waals surface area contributed by atoms with Crippen LogP contribution in [-0.2, 0) is 22.6 Å². The van der Waals surface area contributed by atoms with Crippen molar-refractivity contribution in [1.29, 1.82) is 0 Å². The van der Waals surface area contributed by atoms with E-state index in [0.717, 1.165) is 36.2 Å². The van der Waals surface area contributed by atoms with E-state index in [1.807, 2.05) is 35.4 Å². The van der Waals surface area contributed by atoms with E-state index in [9.17, 15) is 9.59 Å². The first-order valence-corrected chi connectivity index (χ1v) is 9.83. The van der Waals surface area contributed by atoms with Crippen LogP contribution < -0.4 is 5.32 Å². The number of para-hydroxylation sites is 1. The minimum Gasteiger partial charge on any atom is -0.467 e. The third-order valence-electron chi connectivity index (χ3n) is 5.44. The lowest BCUT2D eigenvalue weighted by Gasteiger charge is -2.32. The molecule has 0 aliphatic carbocycles. The van der Waals surface area contributed by atoms with Crippen LogP contribution in [0.3, 0.4) is 0 Å². The maximum Gasteiger partial charge on any atom is 0.225 e. The van der Waals surface area contributed by atoms with E-state index >= 15 is 0 Å². The highest BCUT2D eigenvalue weighted by Crippen LogP contribution is 2.21. The zero-order chi connectivity index (χ0) is 19.3. The fourth-order valence-electron chi connectivity index (χ4n) is 3.89. The number of H-pyrrole nitrogens is 1. The Hall–Kier alpha value is -3.02. The number of aromatic amines is 1. The standard InChI is InChI=1S/C22H25N3O3/c26-21(10-9-16-13-23-20-8-2-1-7-19(16)20)25-11-3-5-17(15-25)22(27)24-14-18-6-4-12-28-18/h1-2,4,6-8,12-13,17,23H,3,5,9-11,14-15H2,(H,24,27)/t17-/m0/s1. The van der Waals surface area contributed by atoms with Crippen molar-refractivity contribution in [2.45, 2.75) is 32.2 Å². The van der Waals surface area contributed by atoms with Crippen molar-refractivity contribution >= 4 is 22.7 Å². The van der Waals surface area contributed by atoms with Gasteiger partial charge in [0.05, 0.1) is 18.7 Å². The first-order valence-electron chi connectivity index (χ1n) is 9.83. The Morgan fingerprint density at radius 2 is 2.11 bits per heavy atom. The Morgan fingerprint density at radius 1 is 1.21 bits per heavy atom. The van der Waals surface area contributed by atoms with Gasteiger partial charge in [0.15, 0.2) is 0 Å². The first kappa shape index (κ1) is 18.3. The van der Waals surface area contributed by atoms with Crippen LogP contribution in [0.15, 0.2) is 53.3 Å². The molecule has 146 valence electrons. The molecule has 3 heterocycles. The molecule has 1 atom stereocenters. The maximum absolute atomic E-state index is 12.7. The van der Waals surface area contributed by atoms with Gasteiger partial charge >= 0.3 is 0 Å². The number of amides is 2. The summed E-state index contributed by atoms with van der Waals surface area (Å²) < 4.78 is 5.25. The number of aryl methyl sites for hydroxylation is 1. The molecular weight excluding hydrogens is 354 g/mol. The molecule has 0 bridgehead atoms. The third-order valence-corrected chi connectivity index (χ3v) is 5.44. The van der Waals surface area contributed by atoms with Gasteiger partial charge in [0.2, 0.25) is 11.8 Å². The maximum atomic E-state index is 12.7. The Morgan fingerprint density at radius 3 is 2.96 bits per heavy atom. The van der Waals surface area contributed by atoms with Crippen LogP contribution >= 0.6 is 0 Å². The largest absolute Gasteiger partial charge is 0.467 e. The Kier molecular flexibility index (Phi) is 5.46. The summed E-state index contributed by atoms with van der Waals surface area (Å²) in [6.07, 6.45) is 6.42. The molecule has 2 N–H and O–H groups in total. The van der Waals surface area contributed by atoms with Crippen LogP contribution in [0.2, 0.25) is 0 Å². The minimum absolute atomic E-state index is 0.00877. The molecule has 2 amide bonds. The van der Waals surface area contributed by atoms with Crippen molar-refractivity contribution in [2.75, 3.05) is 13.1 Å². The smallest absolute Gasteiger partial charge is 0.225 e. The number of nitrogens with one attached hydrogen (secondary N) is 2. The predicted octanol–water partition coefficient (Wildman–Crippen LogP) is 3.25. The number of hydrogen-bond donors (Lipinski definition) is 2. The molecule has 0 spiro atoms. The molecule has 4 rings (SSSR count). The summed E-state index contributed by atoms with van der Waals surface area (Å²) >= 11 is 0. The molecule has 0 unspecified atom stereocenters. The van der Waals surface area contributed by atoms with Gasteiger partial charge in [0, 0.05) is 36.6 Å². The second-order valence-electron chi connectivity index (χ2n) is 7.34. The zero-order valence-electron chi connectivity index (χ0n) is 15.8. The molecule has 28 heavy (non-hydrogen) atoms.